The van der Waals surface area contributed by atoms with Gasteiger partial charge in [-0.25, -0.2) is 0 Å². The number of amides is 2. The summed E-state index contributed by atoms with van der Waals surface area (Å²) in [5, 5.41) is 6.33. The fourth-order valence-electron chi connectivity index (χ4n) is 2.77. The molecule has 0 aliphatic carbocycles. The monoisotopic (exact) mass is 349 g/mol. The van der Waals surface area contributed by atoms with Gasteiger partial charge in [0, 0.05) is 23.7 Å². The van der Waals surface area contributed by atoms with Gasteiger partial charge in [0.25, 0.3) is 5.91 Å². The maximum atomic E-state index is 12.9. The maximum absolute atomic E-state index is 12.9. The van der Waals surface area contributed by atoms with Crippen molar-refractivity contribution in [3.05, 3.63) is 59.8 Å². The summed E-state index contributed by atoms with van der Waals surface area (Å²) in [6.45, 7) is 3.27. The second-order valence-electron chi connectivity index (χ2n) is 5.88. The zero-order valence-electron chi connectivity index (χ0n) is 14.8. The highest BCUT2D eigenvalue weighted by Gasteiger charge is 2.15. The van der Waals surface area contributed by atoms with E-state index in [0.717, 1.165) is 16.6 Å². The minimum Gasteiger partial charge on any atom is -0.495 e. The van der Waals surface area contributed by atoms with Crippen molar-refractivity contribution in [1.82, 2.24) is 4.98 Å². The number of para-hydroxylation sites is 1. The van der Waals surface area contributed by atoms with Gasteiger partial charge >= 0.3 is 0 Å². The molecule has 1 heterocycles. The first-order valence-electron chi connectivity index (χ1n) is 8.11. The molecule has 2 N–H and O–H groups in total. The number of benzene rings is 2. The third kappa shape index (κ3) is 3.64. The van der Waals surface area contributed by atoms with Gasteiger partial charge in [-0.3, -0.25) is 14.6 Å². The predicted octanol–water partition coefficient (Wildman–Crippen LogP) is 3.76. The van der Waals surface area contributed by atoms with Gasteiger partial charge in [-0.1, -0.05) is 18.2 Å². The number of aromatic nitrogens is 1. The topological polar surface area (TPSA) is 80.3 Å². The van der Waals surface area contributed by atoms with Gasteiger partial charge in [0.15, 0.2) is 0 Å². The van der Waals surface area contributed by atoms with Crippen LogP contribution in [0, 0.1) is 6.92 Å². The normalized spacial score (nSPS) is 10.4. The molecule has 26 heavy (non-hydrogen) atoms. The van der Waals surface area contributed by atoms with Gasteiger partial charge in [-0.2, -0.15) is 0 Å². The smallest absolute Gasteiger partial charge is 0.256 e. The molecule has 0 aliphatic rings. The van der Waals surface area contributed by atoms with Crippen molar-refractivity contribution in [2.24, 2.45) is 0 Å². The van der Waals surface area contributed by atoms with Crippen molar-refractivity contribution in [2.75, 3.05) is 17.7 Å². The van der Waals surface area contributed by atoms with E-state index in [1.54, 1.807) is 24.3 Å². The third-order valence-corrected chi connectivity index (χ3v) is 3.86. The number of pyridine rings is 1. The van der Waals surface area contributed by atoms with E-state index < -0.39 is 0 Å². The average Bonchev–Trinajstić information content (AvgIpc) is 2.60. The molecule has 0 bridgehead atoms. The minimum absolute atomic E-state index is 0.191. The van der Waals surface area contributed by atoms with Crippen molar-refractivity contribution < 1.29 is 14.3 Å². The molecule has 3 rings (SSSR count). The van der Waals surface area contributed by atoms with Crippen molar-refractivity contribution in [3.63, 3.8) is 0 Å². The van der Waals surface area contributed by atoms with E-state index in [4.69, 9.17) is 4.74 Å². The van der Waals surface area contributed by atoms with Crippen LogP contribution in [0.25, 0.3) is 10.9 Å². The number of nitrogens with zero attached hydrogens (tertiary/aromatic N) is 1. The number of ether oxygens (including phenoxy) is 1. The van der Waals surface area contributed by atoms with E-state index in [1.165, 1.54) is 14.0 Å². The Morgan fingerprint density at radius 3 is 2.54 bits per heavy atom. The van der Waals surface area contributed by atoms with Gasteiger partial charge < -0.3 is 15.4 Å². The van der Waals surface area contributed by atoms with E-state index in [1.807, 2.05) is 31.2 Å². The number of carbonyl (C=O) groups is 2. The van der Waals surface area contributed by atoms with Gasteiger partial charge in [0.2, 0.25) is 5.91 Å². The van der Waals surface area contributed by atoms with Gasteiger partial charge in [0.05, 0.1) is 23.9 Å². The Balaban J connectivity index is 1.99. The van der Waals surface area contributed by atoms with Crippen LogP contribution in [-0.4, -0.2) is 23.9 Å². The highest BCUT2D eigenvalue weighted by atomic mass is 16.5. The van der Waals surface area contributed by atoms with Crippen LogP contribution in [-0.2, 0) is 4.79 Å². The molecule has 6 nitrogen and oxygen atoms in total. The quantitative estimate of drug-likeness (QED) is 0.751. The molecule has 0 unspecified atom stereocenters. The predicted molar refractivity (Wildman–Crippen MR) is 102 cm³/mol. The Bertz CT molecular complexity index is 999. The van der Waals surface area contributed by atoms with Gasteiger partial charge in [-0.05, 0) is 37.3 Å². The number of rotatable bonds is 4. The molecule has 0 radical (unpaired) electrons. The summed E-state index contributed by atoms with van der Waals surface area (Å²) >= 11 is 0. The first-order chi connectivity index (χ1) is 12.5. The van der Waals surface area contributed by atoms with Crippen LogP contribution in [0.2, 0.25) is 0 Å². The summed E-state index contributed by atoms with van der Waals surface area (Å²) in [5.74, 6) is 0.0377. The fraction of sp³-hybridized carbons (Fsp3) is 0.150. The largest absolute Gasteiger partial charge is 0.495 e. The van der Waals surface area contributed by atoms with E-state index >= 15 is 0 Å². The molecule has 2 amide bonds. The first-order valence-corrected chi connectivity index (χ1v) is 8.11. The Kier molecular flexibility index (Phi) is 4.84. The van der Waals surface area contributed by atoms with E-state index in [2.05, 4.69) is 15.6 Å². The molecule has 3 aromatic rings. The van der Waals surface area contributed by atoms with Crippen LogP contribution in [0.3, 0.4) is 0 Å². The molecule has 2 aromatic carbocycles. The minimum atomic E-state index is -0.273. The van der Waals surface area contributed by atoms with Gasteiger partial charge in [0.1, 0.15) is 5.75 Å². The summed E-state index contributed by atoms with van der Waals surface area (Å²) in [6, 6.07) is 14.3. The molecule has 0 atom stereocenters. The number of hydrogen-bond acceptors (Lipinski definition) is 4. The molecule has 0 aliphatic heterocycles. The second kappa shape index (κ2) is 7.23. The number of methoxy groups -OCH3 is 1. The highest BCUT2D eigenvalue weighted by molar-refractivity contribution is 6.13. The number of anilines is 2. The van der Waals surface area contributed by atoms with Crippen molar-refractivity contribution >= 4 is 34.1 Å². The molecule has 0 saturated carbocycles. The second-order valence-corrected chi connectivity index (χ2v) is 5.88. The lowest BCUT2D eigenvalue weighted by molar-refractivity contribution is -0.114. The van der Waals surface area contributed by atoms with Gasteiger partial charge in [-0.15, -0.1) is 0 Å². The third-order valence-electron chi connectivity index (χ3n) is 3.86. The molecule has 0 fully saturated rings. The number of aryl methyl sites for hydroxylation is 1. The van der Waals surface area contributed by atoms with E-state index in [-0.39, 0.29) is 11.8 Å². The van der Waals surface area contributed by atoms with Crippen LogP contribution >= 0.6 is 0 Å². The number of hydrogen-bond donors (Lipinski definition) is 2. The summed E-state index contributed by atoms with van der Waals surface area (Å²) in [7, 11) is 1.52. The van der Waals surface area contributed by atoms with E-state index in [9.17, 15) is 9.59 Å². The number of fused-ring (bicyclic) bond motifs is 1. The molecule has 0 saturated heterocycles. The lowest BCUT2D eigenvalue weighted by Crippen LogP contribution is -2.14. The Morgan fingerprint density at radius 2 is 1.81 bits per heavy atom. The zero-order valence-corrected chi connectivity index (χ0v) is 14.8. The van der Waals surface area contributed by atoms with E-state index in [0.29, 0.717) is 22.7 Å². The highest BCUT2D eigenvalue weighted by Crippen LogP contribution is 2.29. The molecular weight excluding hydrogens is 330 g/mol. The number of nitrogens with one attached hydrogen (secondary N) is 2. The Labute approximate surface area is 151 Å². The molecule has 0 spiro atoms. The van der Waals surface area contributed by atoms with Crippen LogP contribution in [0.5, 0.6) is 5.75 Å². The van der Waals surface area contributed by atoms with Crippen LogP contribution in [0.15, 0.2) is 48.5 Å². The van der Waals surface area contributed by atoms with Crippen molar-refractivity contribution in [3.8, 4) is 5.75 Å². The van der Waals surface area contributed by atoms with Crippen LogP contribution in [0.4, 0.5) is 11.4 Å². The van der Waals surface area contributed by atoms with Crippen LogP contribution in [0.1, 0.15) is 23.0 Å². The Morgan fingerprint density at radius 1 is 1.04 bits per heavy atom. The molecule has 6 heteroatoms. The zero-order chi connectivity index (χ0) is 18.7. The lowest BCUT2D eigenvalue weighted by Gasteiger charge is -2.13. The maximum Gasteiger partial charge on any atom is 0.256 e. The fourth-order valence-corrected chi connectivity index (χ4v) is 2.77. The Hall–Kier alpha value is -3.41. The summed E-state index contributed by atoms with van der Waals surface area (Å²) in [5.41, 5.74) is 3.09. The first kappa shape index (κ1) is 17.4. The molecule has 132 valence electrons. The average molecular weight is 349 g/mol. The van der Waals surface area contributed by atoms with Crippen LogP contribution < -0.4 is 15.4 Å². The number of carbonyl (C=O) groups excluding carboxylic acids is 2. The molecular formula is C20H19N3O3. The lowest BCUT2D eigenvalue weighted by atomic mass is 10.1. The standard InChI is InChI=1S/C20H19N3O3/c1-12-10-16(15-6-4-5-7-17(15)21-12)20(25)23-18-11-14(22-13(2)24)8-9-19(18)26-3/h4-11H,1-3H3,(H,22,24)(H,23,25). The summed E-state index contributed by atoms with van der Waals surface area (Å²) in [4.78, 5) is 28.6. The summed E-state index contributed by atoms with van der Waals surface area (Å²) < 4.78 is 5.31. The molecule has 1 aromatic heterocycles. The summed E-state index contributed by atoms with van der Waals surface area (Å²) in [6.07, 6.45) is 0. The SMILES string of the molecule is COc1ccc(NC(C)=O)cc1NC(=O)c1cc(C)nc2ccccc12. The van der Waals surface area contributed by atoms with Crippen molar-refractivity contribution in [2.45, 2.75) is 13.8 Å². The van der Waals surface area contributed by atoms with Crippen molar-refractivity contribution in [1.29, 1.82) is 0 Å².